The van der Waals surface area contributed by atoms with Crippen LogP contribution in [0.1, 0.15) is 39.0 Å². The fraction of sp³-hybridized carbons (Fsp3) is 1.00. The summed E-state index contributed by atoms with van der Waals surface area (Å²) >= 11 is 0. The lowest BCUT2D eigenvalue weighted by molar-refractivity contribution is 0.273. The van der Waals surface area contributed by atoms with Crippen LogP contribution in [-0.2, 0) is 0 Å². The molecule has 2 aliphatic heterocycles. The van der Waals surface area contributed by atoms with Gasteiger partial charge in [-0.05, 0) is 45.2 Å². The Balaban J connectivity index is 2.04. The van der Waals surface area contributed by atoms with Gasteiger partial charge >= 0.3 is 0 Å². The molecule has 0 saturated carbocycles. The highest BCUT2D eigenvalue weighted by molar-refractivity contribution is 5.03. The van der Waals surface area contributed by atoms with Crippen LogP contribution in [0, 0.1) is 0 Å². The van der Waals surface area contributed by atoms with Crippen LogP contribution in [-0.4, -0.2) is 24.7 Å². The van der Waals surface area contributed by atoms with Gasteiger partial charge in [-0.25, -0.2) is 0 Å². The summed E-state index contributed by atoms with van der Waals surface area (Å²) in [5, 5.41) is 7.33. The predicted octanol–water partition coefficient (Wildman–Crippen LogP) is 1.27. The third kappa shape index (κ3) is 1.27. The van der Waals surface area contributed by atoms with E-state index in [1.807, 2.05) is 0 Å². The zero-order valence-electron chi connectivity index (χ0n) is 8.03. The average Bonchev–Trinajstić information content (AvgIpc) is 2.76. The van der Waals surface area contributed by atoms with Crippen molar-refractivity contribution in [3.63, 3.8) is 0 Å². The van der Waals surface area contributed by atoms with Crippen molar-refractivity contribution in [3.05, 3.63) is 0 Å². The molecular formula is C10H20N2. The van der Waals surface area contributed by atoms with Crippen molar-refractivity contribution in [2.75, 3.05) is 13.1 Å². The molecule has 0 aromatic rings. The van der Waals surface area contributed by atoms with Gasteiger partial charge in [-0.15, -0.1) is 0 Å². The van der Waals surface area contributed by atoms with E-state index in [4.69, 9.17) is 0 Å². The van der Waals surface area contributed by atoms with E-state index in [2.05, 4.69) is 17.6 Å². The van der Waals surface area contributed by atoms with E-state index >= 15 is 0 Å². The Morgan fingerprint density at radius 1 is 1.33 bits per heavy atom. The number of rotatable bonds is 2. The van der Waals surface area contributed by atoms with Crippen LogP contribution in [0.15, 0.2) is 0 Å². The first-order valence-electron chi connectivity index (χ1n) is 5.36. The van der Waals surface area contributed by atoms with Gasteiger partial charge in [-0.3, -0.25) is 0 Å². The lowest BCUT2D eigenvalue weighted by atomic mass is 9.85. The van der Waals surface area contributed by atoms with Gasteiger partial charge in [0.2, 0.25) is 0 Å². The Morgan fingerprint density at radius 2 is 2.25 bits per heavy atom. The van der Waals surface area contributed by atoms with Crippen molar-refractivity contribution in [2.24, 2.45) is 0 Å². The van der Waals surface area contributed by atoms with Crippen molar-refractivity contribution in [3.8, 4) is 0 Å². The summed E-state index contributed by atoms with van der Waals surface area (Å²) in [6.07, 6.45) is 6.77. The second-order valence-electron chi connectivity index (χ2n) is 4.19. The summed E-state index contributed by atoms with van der Waals surface area (Å²) in [4.78, 5) is 0. The van der Waals surface area contributed by atoms with E-state index in [1.165, 1.54) is 45.2 Å². The van der Waals surface area contributed by atoms with Gasteiger partial charge in [0, 0.05) is 11.6 Å². The third-order valence-electron chi connectivity index (χ3n) is 3.63. The van der Waals surface area contributed by atoms with Crippen LogP contribution in [0.5, 0.6) is 0 Å². The minimum atomic E-state index is 0.455. The fourth-order valence-electron chi connectivity index (χ4n) is 2.83. The van der Waals surface area contributed by atoms with Gasteiger partial charge in [0.1, 0.15) is 0 Å². The topological polar surface area (TPSA) is 24.1 Å². The first kappa shape index (κ1) is 8.52. The molecule has 2 saturated heterocycles. The highest BCUT2D eigenvalue weighted by Crippen LogP contribution is 2.30. The highest BCUT2D eigenvalue weighted by atomic mass is 15.1. The Kier molecular flexibility index (Phi) is 2.37. The minimum Gasteiger partial charge on any atom is -0.312 e. The van der Waals surface area contributed by atoms with Crippen LogP contribution >= 0.6 is 0 Å². The van der Waals surface area contributed by atoms with Crippen molar-refractivity contribution >= 4 is 0 Å². The largest absolute Gasteiger partial charge is 0.312 e. The molecule has 0 radical (unpaired) electrons. The van der Waals surface area contributed by atoms with Gasteiger partial charge in [0.05, 0.1) is 0 Å². The third-order valence-corrected chi connectivity index (χ3v) is 3.63. The summed E-state index contributed by atoms with van der Waals surface area (Å²) in [6, 6.07) is 0.755. The Hall–Kier alpha value is -0.0800. The maximum atomic E-state index is 3.70. The molecule has 0 bridgehead atoms. The highest BCUT2D eigenvalue weighted by Gasteiger charge is 2.40. The van der Waals surface area contributed by atoms with E-state index in [-0.39, 0.29) is 0 Å². The SMILES string of the molecule is CCC1(C2CCCN2)CCCN1. The summed E-state index contributed by atoms with van der Waals surface area (Å²) in [5.41, 5.74) is 0.455. The zero-order chi connectivity index (χ0) is 8.44. The van der Waals surface area contributed by atoms with Crippen LogP contribution in [0.3, 0.4) is 0 Å². The number of nitrogens with one attached hydrogen (secondary N) is 2. The molecule has 0 spiro atoms. The first-order chi connectivity index (χ1) is 5.87. The smallest absolute Gasteiger partial charge is 0.0332 e. The number of hydrogen-bond donors (Lipinski definition) is 2. The molecule has 2 fully saturated rings. The second-order valence-corrected chi connectivity index (χ2v) is 4.19. The molecule has 2 atom stereocenters. The van der Waals surface area contributed by atoms with E-state index < -0.39 is 0 Å². The molecule has 2 rings (SSSR count). The van der Waals surface area contributed by atoms with Gasteiger partial charge < -0.3 is 10.6 Å². The minimum absolute atomic E-state index is 0.455. The summed E-state index contributed by atoms with van der Waals surface area (Å²) in [5.74, 6) is 0. The predicted molar refractivity (Wildman–Crippen MR) is 51.3 cm³/mol. The Bertz CT molecular complexity index is 144. The maximum absolute atomic E-state index is 3.70. The summed E-state index contributed by atoms with van der Waals surface area (Å²) in [6.45, 7) is 4.78. The fourth-order valence-corrected chi connectivity index (χ4v) is 2.83. The van der Waals surface area contributed by atoms with Crippen LogP contribution in [0.2, 0.25) is 0 Å². The molecule has 2 heterocycles. The van der Waals surface area contributed by atoms with Gasteiger partial charge in [0.15, 0.2) is 0 Å². The van der Waals surface area contributed by atoms with E-state index in [0.717, 1.165) is 6.04 Å². The van der Waals surface area contributed by atoms with Crippen molar-refractivity contribution < 1.29 is 0 Å². The molecule has 0 aromatic carbocycles. The monoisotopic (exact) mass is 168 g/mol. The standard InChI is InChI=1S/C10H20N2/c1-2-10(6-4-8-12-10)9-5-3-7-11-9/h9,11-12H,2-8H2,1H3. The van der Waals surface area contributed by atoms with Crippen molar-refractivity contribution in [1.29, 1.82) is 0 Å². The molecule has 0 aliphatic carbocycles. The van der Waals surface area contributed by atoms with Crippen LogP contribution < -0.4 is 10.6 Å². The van der Waals surface area contributed by atoms with Crippen molar-refractivity contribution in [2.45, 2.75) is 50.6 Å². The molecule has 2 nitrogen and oxygen atoms in total. The second kappa shape index (κ2) is 3.35. The van der Waals surface area contributed by atoms with Gasteiger partial charge in [0.25, 0.3) is 0 Å². The molecule has 2 heteroatoms. The number of hydrogen-bond acceptors (Lipinski definition) is 2. The molecule has 2 aliphatic rings. The quantitative estimate of drug-likeness (QED) is 0.649. The van der Waals surface area contributed by atoms with Crippen LogP contribution in [0.25, 0.3) is 0 Å². The van der Waals surface area contributed by atoms with Crippen LogP contribution in [0.4, 0.5) is 0 Å². The summed E-state index contributed by atoms with van der Waals surface area (Å²) < 4.78 is 0. The molecule has 0 amide bonds. The van der Waals surface area contributed by atoms with Crippen molar-refractivity contribution in [1.82, 2.24) is 10.6 Å². The molecular weight excluding hydrogens is 148 g/mol. The molecule has 70 valence electrons. The normalized spacial score (nSPS) is 42.2. The molecule has 0 aromatic heterocycles. The lowest BCUT2D eigenvalue weighted by Crippen LogP contribution is -2.53. The Labute approximate surface area is 75.1 Å². The summed E-state index contributed by atoms with van der Waals surface area (Å²) in [7, 11) is 0. The van der Waals surface area contributed by atoms with Gasteiger partial charge in [-0.1, -0.05) is 6.92 Å². The Morgan fingerprint density at radius 3 is 2.75 bits per heavy atom. The molecule has 2 unspecified atom stereocenters. The van der Waals surface area contributed by atoms with E-state index in [1.54, 1.807) is 0 Å². The van der Waals surface area contributed by atoms with E-state index in [9.17, 15) is 0 Å². The first-order valence-corrected chi connectivity index (χ1v) is 5.36. The van der Waals surface area contributed by atoms with Gasteiger partial charge in [-0.2, -0.15) is 0 Å². The van der Waals surface area contributed by atoms with E-state index in [0.29, 0.717) is 5.54 Å². The lowest BCUT2D eigenvalue weighted by Gasteiger charge is -2.35. The zero-order valence-corrected chi connectivity index (χ0v) is 8.03. The molecule has 2 N–H and O–H groups in total. The molecule has 12 heavy (non-hydrogen) atoms. The maximum Gasteiger partial charge on any atom is 0.0332 e. The average molecular weight is 168 g/mol.